The molecule has 6 heteroatoms. The second kappa shape index (κ2) is 5.32. The number of rotatable bonds is 2. The van der Waals surface area contributed by atoms with Crippen molar-refractivity contribution >= 4 is 28.9 Å². The monoisotopic (exact) mass is 276 g/mol. The summed E-state index contributed by atoms with van der Waals surface area (Å²) in [5.41, 5.74) is 1.89. The predicted octanol–water partition coefficient (Wildman–Crippen LogP) is 3.07. The van der Waals surface area contributed by atoms with Crippen molar-refractivity contribution < 1.29 is 4.74 Å². The van der Waals surface area contributed by atoms with Crippen LogP contribution < -0.4 is 15.4 Å². The third-order valence-electron chi connectivity index (χ3n) is 2.75. The number of hydrogen-bond donors (Lipinski definition) is 2. The molecule has 0 amide bonds. The number of fused-ring (bicyclic) bond motifs is 1. The highest BCUT2D eigenvalue weighted by atomic mass is 35.5. The summed E-state index contributed by atoms with van der Waals surface area (Å²) in [5.74, 6) is 1.35. The number of benzene rings is 1. The zero-order valence-electron chi connectivity index (χ0n) is 10.2. The first-order chi connectivity index (χ1) is 9.31. The van der Waals surface area contributed by atoms with Crippen LogP contribution in [0.15, 0.2) is 30.6 Å². The third kappa shape index (κ3) is 2.88. The minimum Gasteiger partial charge on any atom is -0.491 e. The lowest BCUT2D eigenvalue weighted by Crippen LogP contribution is -2.00. The molecule has 0 radical (unpaired) electrons. The van der Waals surface area contributed by atoms with Gasteiger partial charge in [0.15, 0.2) is 0 Å². The quantitative estimate of drug-likeness (QED) is 0.883. The first-order valence-corrected chi connectivity index (χ1v) is 6.44. The van der Waals surface area contributed by atoms with E-state index in [0.717, 1.165) is 36.7 Å². The minimum atomic E-state index is 0.505. The van der Waals surface area contributed by atoms with E-state index in [1.165, 1.54) is 0 Å². The molecular formula is C13H13ClN4O. The Bertz CT molecular complexity index is 573. The van der Waals surface area contributed by atoms with Crippen LogP contribution in [0.5, 0.6) is 5.75 Å². The van der Waals surface area contributed by atoms with Gasteiger partial charge in [0.1, 0.15) is 5.75 Å². The van der Waals surface area contributed by atoms with E-state index >= 15 is 0 Å². The lowest BCUT2D eigenvalue weighted by molar-refractivity contribution is 0.323. The standard InChI is InChI=1S/C13H13ClN4O/c14-9-7-16-13(17-8-9)18-10-2-3-11-12(6-10)19-5-1-4-15-11/h2-3,6-8,15H,1,4-5H2,(H,16,17,18). The van der Waals surface area contributed by atoms with Crippen molar-refractivity contribution in [3.63, 3.8) is 0 Å². The molecule has 0 bridgehead atoms. The molecule has 3 rings (SSSR count). The van der Waals surface area contributed by atoms with Crippen molar-refractivity contribution in [2.45, 2.75) is 6.42 Å². The minimum absolute atomic E-state index is 0.505. The fourth-order valence-corrected chi connectivity index (χ4v) is 1.95. The second-order valence-electron chi connectivity index (χ2n) is 4.19. The van der Waals surface area contributed by atoms with E-state index in [9.17, 15) is 0 Å². The highest BCUT2D eigenvalue weighted by Crippen LogP contribution is 2.30. The Morgan fingerprint density at radius 3 is 2.95 bits per heavy atom. The molecule has 2 aromatic rings. The maximum Gasteiger partial charge on any atom is 0.227 e. The Morgan fingerprint density at radius 1 is 1.26 bits per heavy atom. The van der Waals surface area contributed by atoms with Crippen molar-refractivity contribution in [3.8, 4) is 5.75 Å². The van der Waals surface area contributed by atoms with Crippen molar-refractivity contribution in [1.29, 1.82) is 0 Å². The number of halogens is 1. The van der Waals surface area contributed by atoms with Crippen LogP contribution in [0.2, 0.25) is 5.02 Å². The molecule has 1 aromatic heterocycles. The maximum atomic E-state index is 5.75. The topological polar surface area (TPSA) is 59.1 Å². The predicted molar refractivity (Wildman–Crippen MR) is 75.4 cm³/mol. The lowest BCUT2D eigenvalue weighted by Gasteiger charge is -2.10. The molecule has 0 atom stereocenters. The van der Waals surface area contributed by atoms with Crippen LogP contribution in [0.3, 0.4) is 0 Å². The number of nitrogens with zero attached hydrogens (tertiary/aromatic N) is 2. The van der Waals surface area contributed by atoms with Gasteiger partial charge in [-0.3, -0.25) is 0 Å². The van der Waals surface area contributed by atoms with Crippen LogP contribution in [0.4, 0.5) is 17.3 Å². The molecular weight excluding hydrogens is 264 g/mol. The van der Waals surface area contributed by atoms with Gasteiger partial charge in [-0.15, -0.1) is 0 Å². The third-order valence-corrected chi connectivity index (χ3v) is 2.95. The Labute approximate surface area is 116 Å². The van der Waals surface area contributed by atoms with Crippen LogP contribution in [0, 0.1) is 0 Å². The normalized spacial score (nSPS) is 13.7. The zero-order valence-corrected chi connectivity index (χ0v) is 10.9. The Hall–Kier alpha value is -2.01. The summed E-state index contributed by atoms with van der Waals surface area (Å²) in [5, 5.41) is 6.95. The first kappa shape index (κ1) is 12.0. The average Bonchev–Trinajstić information content (AvgIpc) is 2.66. The molecule has 5 nitrogen and oxygen atoms in total. The van der Waals surface area contributed by atoms with Gasteiger partial charge in [0, 0.05) is 18.3 Å². The lowest BCUT2D eigenvalue weighted by atomic mass is 10.2. The molecule has 0 saturated carbocycles. The molecule has 2 N–H and O–H groups in total. The summed E-state index contributed by atoms with van der Waals surface area (Å²) in [4.78, 5) is 8.19. The smallest absolute Gasteiger partial charge is 0.227 e. The second-order valence-corrected chi connectivity index (χ2v) is 4.63. The highest BCUT2D eigenvalue weighted by molar-refractivity contribution is 6.30. The average molecular weight is 277 g/mol. The van der Waals surface area contributed by atoms with Crippen LogP contribution in [0.1, 0.15) is 6.42 Å². The van der Waals surface area contributed by atoms with Gasteiger partial charge in [-0.05, 0) is 18.6 Å². The summed E-state index contributed by atoms with van der Waals surface area (Å²) in [6.07, 6.45) is 4.11. The van der Waals surface area contributed by atoms with Crippen LogP contribution >= 0.6 is 11.6 Å². The Kier molecular flexibility index (Phi) is 3.37. The summed E-state index contributed by atoms with van der Waals surface area (Å²) in [6.45, 7) is 1.65. The SMILES string of the molecule is Clc1cnc(Nc2ccc3c(c2)OCCCN3)nc1. The summed E-state index contributed by atoms with van der Waals surface area (Å²) < 4.78 is 5.68. The van der Waals surface area contributed by atoms with Gasteiger partial charge in [-0.1, -0.05) is 11.6 Å². The van der Waals surface area contributed by atoms with Crippen LogP contribution in [0.25, 0.3) is 0 Å². The van der Waals surface area contributed by atoms with E-state index in [1.807, 2.05) is 18.2 Å². The Balaban J connectivity index is 1.81. The van der Waals surface area contributed by atoms with Gasteiger partial charge >= 0.3 is 0 Å². The number of aromatic nitrogens is 2. The van der Waals surface area contributed by atoms with Crippen LogP contribution in [-0.2, 0) is 0 Å². The van der Waals surface area contributed by atoms with E-state index < -0.39 is 0 Å². The fourth-order valence-electron chi connectivity index (χ4n) is 1.85. The number of ether oxygens (including phenoxy) is 1. The van der Waals surface area contributed by atoms with Gasteiger partial charge in [0.05, 0.1) is 29.7 Å². The number of nitrogens with one attached hydrogen (secondary N) is 2. The van der Waals surface area contributed by atoms with Crippen LogP contribution in [-0.4, -0.2) is 23.1 Å². The molecule has 0 saturated heterocycles. The van der Waals surface area contributed by atoms with Gasteiger partial charge in [-0.2, -0.15) is 0 Å². The summed E-state index contributed by atoms with van der Waals surface area (Å²) in [6, 6.07) is 5.88. The molecule has 19 heavy (non-hydrogen) atoms. The Morgan fingerprint density at radius 2 is 2.11 bits per heavy atom. The van der Waals surface area contributed by atoms with Gasteiger partial charge < -0.3 is 15.4 Å². The fraction of sp³-hybridized carbons (Fsp3) is 0.231. The number of anilines is 3. The maximum absolute atomic E-state index is 5.75. The van der Waals surface area contributed by atoms with Gasteiger partial charge in [0.2, 0.25) is 5.95 Å². The highest BCUT2D eigenvalue weighted by Gasteiger charge is 2.09. The molecule has 1 aromatic carbocycles. The molecule has 2 heterocycles. The van der Waals surface area contributed by atoms with E-state index in [4.69, 9.17) is 16.3 Å². The molecule has 0 aliphatic carbocycles. The largest absolute Gasteiger partial charge is 0.491 e. The van der Waals surface area contributed by atoms with E-state index in [2.05, 4.69) is 20.6 Å². The molecule has 98 valence electrons. The summed E-state index contributed by atoms with van der Waals surface area (Å²) in [7, 11) is 0. The summed E-state index contributed by atoms with van der Waals surface area (Å²) >= 11 is 5.75. The molecule has 1 aliphatic heterocycles. The molecule has 0 unspecified atom stereocenters. The van der Waals surface area contributed by atoms with Crippen molar-refractivity contribution in [3.05, 3.63) is 35.6 Å². The van der Waals surface area contributed by atoms with Crippen molar-refractivity contribution in [1.82, 2.24) is 9.97 Å². The van der Waals surface area contributed by atoms with Crippen molar-refractivity contribution in [2.75, 3.05) is 23.8 Å². The molecule has 0 fully saturated rings. The molecule has 1 aliphatic rings. The van der Waals surface area contributed by atoms with Gasteiger partial charge in [-0.25, -0.2) is 9.97 Å². The van der Waals surface area contributed by atoms with E-state index in [0.29, 0.717) is 11.0 Å². The molecule has 0 spiro atoms. The van der Waals surface area contributed by atoms with E-state index in [-0.39, 0.29) is 0 Å². The zero-order chi connectivity index (χ0) is 13.1. The first-order valence-electron chi connectivity index (χ1n) is 6.06. The number of hydrogen-bond acceptors (Lipinski definition) is 5. The van der Waals surface area contributed by atoms with E-state index in [1.54, 1.807) is 12.4 Å². The van der Waals surface area contributed by atoms with Gasteiger partial charge in [0.25, 0.3) is 0 Å². The van der Waals surface area contributed by atoms with Crippen molar-refractivity contribution in [2.24, 2.45) is 0 Å².